The molecule has 0 aromatic heterocycles. The molecule has 0 aliphatic rings. The summed E-state index contributed by atoms with van der Waals surface area (Å²) >= 11 is 5.61. The van der Waals surface area contributed by atoms with Crippen LogP contribution in [0, 0.1) is 3.57 Å². The predicted octanol–water partition coefficient (Wildman–Crippen LogP) is 6.00. The van der Waals surface area contributed by atoms with E-state index in [4.69, 9.17) is 4.74 Å². The van der Waals surface area contributed by atoms with E-state index >= 15 is 0 Å². The zero-order valence-corrected chi connectivity index (χ0v) is 20.4. The van der Waals surface area contributed by atoms with Gasteiger partial charge in [-0.15, -0.1) is 0 Å². The molecule has 2 aromatic carbocycles. The van der Waals surface area contributed by atoms with Gasteiger partial charge in [-0.25, -0.2) is 4.79 Å². The fourth-order valence-electron chi connectivity index (χ4n) is 3.17. The molecule has 156 valence electrons. The molecule has 0 aliphatic carbocycles. The summed E-state index contributed by atoms with van der Waals surface area (Å²) in [7, 11) is 0. The maximum atomic E-state index is 12.6. The molecular weight excluding hydrogens is 545 g/mol. The minimum absolute atomic E-state index is 0.191. The third kappa shape index (κ3) is 7.74. The molecule has 0 fully saturated rings. The van der Waals surface area contributed by atoms with E-state index < -0.39 is 11.5 Å². The van der Waals surface area contributed by atoms with Crippen LogP contribution in [0.1, 0.15) is 43.7 Å². The van der Waals surface area contributed by atoms with Crippen molar-refractivity contribution in [1.82, 2.24) is 5.32 Å². The number of benzene rings is 2. The largest absolute Gasteiger partial charge is 0.450 e. The molecule has 1 N–H and O–H groups in total. The van der Waals surface area contributed by atoms with Gasteiger partial charge >= 0.3 is 6.09 Å². The zero-order valence-electron chi connectivity index (χ0n) is 16.6. The summed E-state index contributed by atoms with van der Waals surface area (Å²) in [4.78, 5) is 24.4. The van der Waals surface area contributed by atoms with Gasteiger partial charge in [0.05, 0.1) is 17.4 Å². The number of carbonyl (C=O) groups excluding carboxylic acids is 2. The molecule has 0 saturated carbocycles. The van der Waals surface area contributed by atoms with Gasteiger partial charge in [-0.3, -0.25) is 4.79 Å². The van der Waals surface area contributed by atoms with Crippen LogP contribution in [-0.4, -0.2) is 23.8 Å². The summed E-state index contributed by atoms with van der Waals surface area (Å²) in [6.45, 7) is 2.87. The summed E-state index contributed by atoms with van der Waals surface area (Å²) in [6, 6.07) is 17.9. The molecular formula is C23H27BrINO3. The maximum Gasteiger partial charge on any atom is 0.407 e. The van der Waals surface area contributed by atoms with Crippen molar-refractivity contribution < 1.29 is 14.3 Å². The number of nitrogens with one attached hydrogen (secondary N) is 1. The number of hydrogen-bond acceptors (Lipinski definition) is 3. The first-order valence-electron chi connectivity index (χ1n) is 9.75. The number of halogens is 2. The van der Waals surface area contributed by atoms with Gasteiger partial charge in [0.25, 0.3) is 0 Å². The van der Waals surface area contributed by atoms with Crippen LogP contribution in [0.4, 0.5) is 4.79 Å². The summed E-state index contributed by atoms with van der Waals surface area (Å²) < 4.78 is 6.37. The summed E-state index contributed by atoms with van der Waals surface area (Å²) in [6.07, 6.45) is 2.96. The topological polar surface area (TPSA) is 55.4 Å². The van der Waals surface area contributed by atoms with Crippen molar-refractivity contribution in [3.63, 3.8) is 0 Å². The second kappa shape index (κ2) is 12.3. The molecule has 0 bridgehead atoms. The van der Waals surface area contributed by atoms with E-state index in [0.717, 1.165) is 40.4 Å². The third-order valence-corrected chi connectivity index (χ3v) is 6.21. The van der Waals surface area contributed by atoms with Crippen molar-refractivity contribution in [3.8, 4) is 0 Å². The Bertz CT molecular complexity index is 800. The molecule has 0 radical (unpaired) electrons. The predicted molar refractivity (Wildman–Crippen MR) is 128 cm³/mol. The molecule has 1 unspecified atom stereocenters. The highest BCUT2D eigenvalue weighted by molar-refractivity contribution is 14.1. The molecule has 2 rings (SSSR count). The fourth-order valence-corrected chi connectivity index (χ4v) is 4.33. The molecule has 0 aliphatic heterocycles. The van der Waals surface area contributed by atoms with Crippen molar-refractivity contribution in [1.29, 1.82) is 0 Å². The van der Waals surface area contributed by atoms with Crippen molar-refractivity contribution >= 4 is 50.4 Å². The molecule has 29 heavy (non-hydrogen) atoms. The van der Waals surface area contributed by atoms with E-state index in [1.165, 1.54) is 0 Å². The second-order valence-electron chi connectivity index (χ2n) is 7.18. The summed E-state index contributed by atoms with van der Waals surface area (Å²) in [5, 5.41) is 3.10. The quantitative estimate of drug-likeness (QED) is 0.204. The number of alkyl halides is 1. The average Bonchev–Trinajstić information content (AvgIpc) is 2.74. The van der Waals surface area contributed by atoms with Crippen molar-refractivity contribution in [2.45, 2.75) is 44.6 Å². The van der Waals surface area contributed by atoms with Crippen LogP contribution in [-0.2, 0) is 21.5 Å². The molecule has 0 saturated heterocycles. The van der Waals surface area contributed by atoms with Gasteiger partial charge in [0.15, 0.2) is 5.78 Å². The number of unbranched alkanes of at least 4 members (excludes halogenated alkanes) is 2. The standard InChI is InChI=1S/C23H27BrINO3/c1-23(21(27)16-24,19-11-8-12-20(25)15-19)13-6-3-7-14-29-22(28)26-17-18-9-4-2-5-10-18/h2,4-5,8-12,15H,3,6-7,13-14,16-17H2,1H3,(H,26,28). The van der Waals surface area contributed by atoms with E-state index in [0.29, 0.717) is 18.5 Å². The van der Waals surface area contributed by atoms with Gasteiger partial charge in [0, 0.05) is 10.1 Å². The van der Waals surface area contributed by atoms with Crippen molar-refractivity contribution in [2.24, 2.45) is 0 Å². The Balaban J connectivity index is 1.72. The first-order chi connectivity index (χ1) is 14.0. The smallest absolute Gasteiger partial charge is 0.407 e. The van der Waals surface area contributed by atoms with Crippen LogP contribution >= 0.6 is 38.5 Å². The molecule has 0 heterocycles. The minimum atomic E-state index is -0.501. The SMILES string of the molecule is CC(CCCCCOC(=O)NCc1ccccc1)(C(=O)CBr)c1cccc(I)c1. The third-order valence-electron chi connectivity index (χ3n) is 5.03. The highest BCUT2D eigenvalue weighted by Gasteiger charge is 2.33. The van der Waals surface area contributed by atoms with Crippen LogP contribution in [0.2, 0.25) is 0 Å². The van der Waals surface area contributed by atoms with Gasteiger partial charge < -0.3 is 10.1 Å². The van der Waals surface area contributed by atoms with E-state index in [1.54, 1.807) is 0 Å². The van der Waals surface area contributed by atoms with Gasteiger partial charge in [-0.1, -0.05) is 71.2 Å². The molecule has 0 spiro atoms. The Morgan fingerprint density at radius 2 is 1.83 bits per heavy atom. The van der Waals surface area contributed by atoms with Gasteiger partial charge in [-0.05, 0) is 65.6 Å². The highest BCUT2D eigenvalue weighted by Crippen LogP contribution is 2.32. The Kier molecular flexibility index (Phi) is 10.1. The van der Waals surface area contributed by atoms with Crippen LogP contribution < -0.4 is 5.32 Å². The van der Waals surface area contributed by atoms with Crippen molar-refractivity contribution in [2.75, 3.05) is 11.9 Å². The van der Waals surface area contributed by atoms with Crippen molar-refractivity contribution in [3.05, 3.63) is 69.3 Å². The number of Topliss-reactive ketones (excluding diaryl/α,β-unsaturated/α-hetero) is 1. The number of rotatable bonds is 11. The van der Waals surface area contributed by atoms with E-state index in [2.05, 4.69) is 49.9 Å². The van der Waals surface area contributed by atoms with Crippen LogP contribution in [0.5, 0.6) is 0 Å². The summed E-state index contributed by atoms with van der Waals surface area (Å²) in [5.74, 6) is 0.191. The number of ether oxygens (including phenoxy) is 1. The number of ketones is 1. The second-order valence-corrected chi connectivity index (χ2v) is 8.99. The zero-order chi connectivity index (χ0) is 21.1. The lowest BCUT2D eigenvalue weighted by atomic mass is 9.75. The Labute approximate surface area is 195 Å². The Morgan fingerprint density at radius 1 is 1.07 bits per heavy atom. The van der Waals surface area contributed by atoms with Gasteiger partial charge in [0.2, 0.25) is 0 Å². The van der Waals surface area contributed by atoms with E-state index in [9.17, 15) is 9.59 Å². The summed E-state index contributed by atoms with van der Waals surface area (Å²) in [5.41, 5.74) is 1.60. The van der Waals surface area contributed by atoms with Gasteiger partial charge in [-0.2, -0.15) is 0 Å². The Hall–Kier alpha value is -1.41. The molecule has 6 heteroatoms. The number of alkyl carbamates (subject to hydrolysis) is 1. The lowest BCUT2D eigenvalue weighted by Crippen LogP contribution is -2.33. The first kappa shape index (κ1) is 23.9. The monoisotopic (exact) mass is 571 g/mol. The molecule has 1 atom stereocenters. The average molecular weight is 572 g/mol. The number of hydrogen-bond donors (Lipinski definition) is 1. The minimum Gasteiger partial charge on any atom is -0.450 e. The normalized spacial score (nSPS) is 12.8. The van der Waals surface area contributed by atoms with E-state index in [-0.39, 0.29) is 5.78 Å². The highest BCUT2D eigenvalue weighted by atomic mass is 127. The molecule has 1 amide bonds. The maximum absolute atomic E-state index is 12.6. The Morgan fingerprint density at radius 3 is 2.52 bits per heavy atom. The van der Waals surface area contributed by atoms with Crippen LogP contribution in [0.15, 0.2) is 54.6 Å². The van der Waals surface area contributed by atoms with Crippen LogP contribution in [0.3, 0.4) is 0 Å². The number of carbonyl (C=O) groups is 2. The van der Waals surface area contributed by atoms with Gasteiger partial charge in [0.1, 0.15) is 0 Å². The lowest BCUT2D eigenvalue weighted by molar-refractivity contribution is -0.121. The number of amides is 1. The first-order valence-corrected chi connectivity index (χ1v) is 12.0. The fraction of sp³-hybridized carbons (Fsp3) is 0.391. The lowest BCUT2D eigenvalue weighted by Gasteiger charge is -2.28. The van der Waals surface area contributed by atoms with E-state index in [1.807, 2.05) is 55.5 Å². The molecule has 4 nitrogen and oxygen atoms in total. The molecule has 2 aromatic rings. The van der Waals surface area contributed by atoms with Crippen LogP contribution in [0.25, 0.3) is 0 Å².